The van der Waals surface area contributed by atoms with Crippen molar-refractivity contribution in [3.63, 3.8) is 0 Å². The number of ether oxygens (including phenoxy) is 1. The van der Waals surface area contributed by atoms with Gasteiger partial charge in [0.25, 0.3) is 0 Å². The predicted molar refractivity (Wildman–Crippen MR) is 78.8 cm³/mol. The van der Waals surface area contributed by atoms with Crippen molar-refractivity contribution in [3.05, 3.63) is 69.0 Å². The topological polar surface area (TPSA) is 69.4 Å². The molecule has 114 valence electrons. The molecule has 22 heavy (non-hydrogen) atoms. The van der Waals surface area contributed by atoms with Crippen LogP contribution in [0.3, 0.4) is 0 Å². The summed E-state index contributed by atoms with van der Waals surface area (Å²) in [4.78, 5) is 22.3. The third kappa shape index (κ3) is 3.46. The summed E-state index contributed by atoms with van der Waals surface area (Å²) < 4.78 is 18.3. The summed E-state index contributed by atoms with van der Waals surface area (Å²) in [5, 5.41) is 10.9. The molecule has 0 aliphatic rings. The number of ketones is 1. The van der Waals surface area contributed by atoms with Gasteiger partial charge in [0.15, 0.2) is 18.1 Å². The molecule has 0 radical (unpaired) electrons. The molecule has 0 aliphatic heterocycles. The Kier molecular flexibility index (Phi) is 4.50. The van der Waals surface area contributed by atoms with Crippen LogP contribution in [0.25, 0.3) is 0 Å². The van der Waals surface area contributed by atoms with Crippen molar-refractivity contribution in [2.45, 2.75) is 13.8 Å². The summed E-state index contributed by atoms with van der Waals surface area (Å²) in [6, 6.07) is 8.20. The van der Waals surface area contributed by atoms with Crippen LogP contribution in [0.15, 0.2) is 36.4 Å². The van der Waals surface area contributed by atoms with Crippen LogP contribution >= 0.6 is 0 Å². The third-order valence-electron chi connectivity index (χ3n) is 3.16. The van der Waals surface area contributed by atoms with E-state index in [4.69, 9.17) is 4.74 Å². The Morgan fingerprint density at radius 2 is 1.95 bits per heavy atom. The molecule has 0 spiro atoms. The Morgan fingerprint density at radius 1 is 1.23 bits per heavy atom. The summed E-state index contributed by atoms with van der Waals surface area (Å²) in [7, 11) is 0. The first-order valence-corrected chi connectivity index (χ1v) is 6.55. The maximum atomic E-state index is 13.2. The molecule has 0 amide bonds. The highest BCUT2D eigenvalue weighted by Crippen LogP contribution is 2.27. The third-order valence-corrected chi connectivity index (χ3v) is 3.16. The zero-order chi connectivity index (χ0) is 16.3. The van der Waals surface area contributed by atoms with Gasteiger partial charge >= 0.3 is 5.69 Å². The van der Waals surface area contributed by atoms with Crippen molar-refractivity contribution < 1.29 is 18.8 Å². The molecule has 6 heteroatoms. The van der Waals surface area contributed by atoms with Crippen LogP contribution in [0.2, 0.25) is 0 Å². The lowest BCUT2D eigenvalue weighted by Crippen LogP contribution is -2.13. The molecule has 0 aliphatic carbocycles. The Hall–Kier alpha value is -2.76. The number of aryl methyl sites for hydroxylation is 2. The van der Waals surface area contributed by atoms with Crippen LogP contribution < -0.4 is 4.74 Å². The first-order valence-electron chi connectivity index (χ1n) is 6.55. The van der Waals surface area contributed by atoms with E-state index >= 15 is 0 Å². The number of nitro benzene ring substituents is 1. The van der Waals surface area contributed by atoms with Gasteiger partial charge in [-0.15, -0.1) is 0 Å². The molecule has 2 rings (SSSR count). The summed E-state index contributed by atoms with van der Waals surface area (Å²) in [6.45, 7) is 3.31. The average Bonchev–Trinajstić information content (AvgIpc) is 2.44. The highest BCUT2D eigenvalue weighted by Gasteiger charge is 2.18. The van der Waals surface area contributed by atoms with Gasteiger partial charge in [-0.05, 0) is 25.5 Å². The van der Waals surface area contributed by atoms with E-state index in [1.165, 1.54) is 0 Å². The summed E-state index contributed by atoms with van der Waals surface area (Å²) in [6.07, 6.45) is 0. The van der Waals surface area contributed by atoms with Crippen molar-refractivity contribution >= 4 is 11.5 Å². The minimum absolute atomic E-state index is 0.261. The van der Waals surface area contributed by atoms with Gasteiger partial charge in [-0.1, -0.05) is 23.8 Å². The molecule has 5 nitrogen and oxygen atoms in total. The Balaban J connectivity index is 2.18. The first kappa shape index (κ1) is 15.6. The van der Waals surface area contributed by atoms with Crippen LogP contribution in [0.5, 0.6) is 5.75 Å². The predicted octanol–water partition coefficient (Wildman–Crippen LogP) is 3.61. The smallest absolute Gasteiger partial charge is 0.311 e. The normalized spacial score (nSPS) is 10.3. The van der Waals surface area contributed by atoms with E-state index < -0.39 is 17.3 Å². The van der Waals surface area contributed by atoms with Crippen molar-refractivity contribution in [1.29, 1.82) is 0 Å². The fourth-order valence-electron chi connectivity index (χ4n) is 2.10. The molecule has 0 atom stereocenters. The second-order valence-electron chi connectivity index (χ2n) is 4.90. The standard InChI is InChI=1S/C16H14FNO4/c1-10-3-5-13(11(2)7-10)15(19)9-22-16-8-12(17)4-6-14(16)18(20)21/h3-8H,9H2,1-2H3. The summed E-state index contributed by atoms with van der Waals surface area (Å²) in [5.74, 6) is -1.25. The first-order chi connectivity index (χ1) is 10.4. The molecule has 0 N–H and O–H groups in total. The Morgan fingerprint density at radius 3 is 2.59 bits per heavy atom. The van der Waals surface area contributed by atoms with Gasteiger partial charge < -0.3 is 4.74 Å². The Bertz CT molecular complexity index is 743. The molecule has 2 aromatic carbocycles. The molecule has 0 unspecified atom stereocenters. The highest BCUT2D eigenvalue weighted by molar-refractivity contribution is 5.98. The lowest BCUT2D eigenvalue weighted by Gasteiger charge is -2.08. The van der Waals surface area contributed by atoms with E-state index in [1.807, 2.05) is 13.0 Å². The quantitative estimate of drug-likeness (QED) is 0.480. The van der Waals surface area contributed by atoms with E-state index in [0.717, 1.165) is 29.3 Å². The van der Waals surface area contributed by atoms with Gasteiger partial charge in [0.2, 0.25) is 0 Å². The molecule has 0 heterocycles. The molecule has 0 saturated carbocycles. The van der Waals surface area contributed by atoms with E-state index in [9.17, 15) is 19.3 Å². The number of nitro groups is 1. The second-order valence-corrected chi connectivity index (χ2v) is 4.90. The molecule has 0 saturated heterocycles. The number of rotatable bonds is 5. The van der Waals surface area contributed by atoms with Gasteiger partial charge in [-0.25, -0.2) is 4.39 Å². The Labute approximate surface area is 126 Å². The fourth-order valence-corrected chi connectivity index (χ4v) is 2.10. The lowest BCUT2D eigenvalue weighted by atomic mass is 10.0. The average molecular weight is 303 g/mol. The largest absolute Gasteiger partial charge is 0.478 e. The van der Waals surface area contributed by atoms with Crippen LogP contribution in [-0.4, -0.2) is 17.3 Å². The molecule has 0 bridgehead atoms. The van der Waals surface area contributed by atoms with Crippen LogP contribution in [0, 0.1) is 29.8 Å². The molecular weight excluding hydrogens is 289 g/mol. The number of Topliss-reactive ketones (excluding diaryl/α,β-unsaturated/α-hetero) is 1. The van der Waals surface area contributed by atoms with Crippen LogP contribution in [0.1, 0.15) is 21.5 Å². The number of hydrogen-bond donors (Lipinski definition) is 0. The highest BCUT2D eigenvalue weighted by atomic mass is 19.1. The minimum Gasteiger partial charge on any atom is -0.478 e. The number of halogens is 1. The minimum atomic E-state index is -0.684. The van der Waals surface area contributed by atoms with Crippen molar-refractivity contribution in [2.24, 2.45) is 0 Å². The van der Waals surface area contributed by atoms with Crippen molar-refractivity contribution in [3.8, 4) is 5.75 Å². The van der Waals surface area contributed by atoms with Gasteiger partial charge in [-0.3, -0.25) is 14.9 Å². The van der Waals surface area contributed by atoms with E-state index in [1.54, 1.807) is 19.1 Å². The van der Waals surface area contributed by atoms with Crippen LogP contribution in [-0.2, 0) is 0 Å². The number of carbonyl (C=O) groups is 1. The van der Waals surface area contributed by atoms with Crippen LogP contribution in [0.4, 0.5) is 10.1 Å². The zero-order valence-electron chi connectivity index (χ0n) is 12.1. The maximum Gasteiger partial charge on any atom is 0.311 e. The van der Waals surface area contributed by atoms with Gasteiger partial charge in [0, 0.05) is 17.7 Å². The molecule has 0 fully saturated rings. The zero-order valence-corrected chi connectivity index (χ0v) is 12.1. The summed E-state index contributed by atoms with van der Waals surface area (Å²) >= 11 is 0. The number of nitrogens with zero attached hydrogens (tertiary/aromatic N) is 1. The molecule has 0 aromatic heterocycles. The monoisotopic (exact) mass is 303 g/mol. The SMILES string of the molecule is Cc1ccc(C(=O)COc2cc(F)ccc2[N+](=O)[O-])c(C)c1. The summed E-state index contributed by atoms with van der Waals surface area (Å²) in [5.41, 5.74) is 1.91. The molecule has 2 aromatic rings. The van der Waals surface area contributed by atoms with Gasteiger partial charge in [0.1, 0.15) is 5.82 Å². The van der Waals surface area contributed by atoms with Gasteiger partial charge in [-0.2, -0.15) is 0 Å². The fraction of sp³-hybridized carbons (Fsp3) is 0.188. The van der Waals surface area contributed by atoms with Crippen molar-refractivity contribution in [2.75, 3.05) is 6.61 Å². The number of hydrogen-bond acceptors (Lipinski definition) is 4. The van der Waals surface area contributed by atoms with E-state index in [0.29, 0.717) is 5.56 Å². The lowest BCUT2D eigenvalue weighted by molar-refractivity contribution is -0.385. The van der Waals surface area contributed by atoms with Crippen molar-refractivity contribution in [1.82, 2.24) is 0 Å². The van der Waals surface area contributed by atoms with E-state index in [2.05, 4.69) is 0 Å². The van der Waals surface area contributed by atoms with E-state index in [-0.39, 0.29) is 17.2 Å². The molecular formula is C16H14FNO4. The maximum absolute atomic E-state index is 13.2. The number of carbonyl (C=O) groups excluding carboxylic acids is 1. The second kappa shape index (κ2) is 6.34. The number of benzene rings is 2. The van der Waals surface area contributed by atoms with Gasteiger partial charge in [0.05, 0.1) is 4.92 Å².